The third-order valence-electron chi connectivity index (χ3n) is 5.25. The molecule has 2 fully saturated rings. The maximum absolute atomic E-state index is 12.7. The van der Waals surface area contributed by atoms with Crippen LogP contribution in [0.15, 0.2) is 0 Å². The van der Waals surface area contributed by atoms with Crippen LogP contribution in [0, 0.1) is 11.8 Å². The first kappa shape index (κ1) is 19.1. The zero-order valence-electron chi connectivity index (χ0n) is 15.9. The monoisotopic (exact) mass is 379 g/mol. The van der Waals surface area contributed by atoms with Gasteiger partial charge in [-0.3, -0.25) is 10.1 Å². The summed E-state index contributed by atoms with van der Waals surface area (Å²) in [5, 5.41) is 12.4. The van der Waals surface area contributed by atoms with Crippen LogP contribution >= 0.6 is 11.3 Å². The number of aromatic nitrogens is 2. The molecule has 0 aromatic carbocycles. The van der Waals surface area contributed by atoms with Gasteiger partial charge < -0.3 is 9.80 Å². The number of amides is 3. The molecule has 3 heterocycles. The van der Waals surface area contributed by atoms with Crippen LogP contribution in [0.4, 0.5) is 9.93 Å². The second-order valence-corrected chi connectivity index (χ2v) is 8.83. The third-order valence-corrected chi connectivity index (χ3v) is 6.39. The van der Waals surface area contributed by atoms with Gasteiger partial charge in [0, 0.05) is 38.0 Å². The molecule has 3 rings (SSSR count). The molecule has 26 heavy (non-hydrogen) atoms. The molecule has 1 atom stereocenters. The molecule has 8 heteroatoms. The fourth-order valence-corrected chi connectivity index (χ4v) is 4.40. The van der Waals surface area contributed by atoms with Crippen molar-refractivity contribution in [2.75, 3.05) is 31.5 Å². The summed E-state index contributed by atoms with van der Waals surface area (Å²) < 4.78 is 0. The Hall–Kier alpha value is -1.70. The summed E-state index contributed by atoms with van der Waals surface area (Å²) in [5.74, 6) is 1.24. The van der Waals surface area contributed by atoms with Crippen LogP contribution < -0.4 is 5.32 Å². The van der Waals surface area contributed by atoms with Crippen LogP contribution in [-0.2, 0) is 4.79 Å². The topological polar surface area (TPSA) is 78.4 Å². The van der Waals surface area contributed by atoms with Gasteiger partial charge in [-0.2, -0.15) is 0 Å². The lowest BCUT2D eigenvalue weighted by Crippen LogP contribution is -2.47. The SMILES string of the molecule is CC(C)c1nnc(NC(=O)N2CCC(C(=O)N3CCC[C@@H](C)C3)CC2)s1. The zero-order valence-corrected chi connectivity index (χ0v) is 16.7. The van der Waals surface area contributed by atoms with E-state index in [0.717, 1.165) is 37.4 Å². The summed E-state index contributed by atoms with van der Waals surface area (Å²) in [4.78, 5) is 29.0. The molecule has 0 bridgehead atoms. The van der Waals surface area contributed by atoms with E-state index in [9.17, 15) is 9.59 Å². The van der Waals surface area contributed by atoms with Gasteiger partial charge in [-0.25, -0.2) is 4.79 Å². The number of rotatable bonds is 3. The maximum Gasteiger partial charge on any atom is 0.323 e. The number of urea groups is 1. The number of carbonyl (C=O) groups is 2. The lowest BCUT2D eigenvalue weighted by molar-refractivity contribution is -0.138. The first-order valence-electron chi connectivity index (χ1n) is 9.62. The van der Waals surface area contributed by atoms with Crippen LogP contribution in [0.5, 0.6) is 0 Å². The molecule has 0 spiro atoms. The van der Waals surface area contributed by atoms with Crippen molar-refractivity contribution in [2.45, 2.75) is 52.4 Å². The summed E-state index contributed by atoms with van der Waals surface area (Å²) in [5.41, 5.74) is 0. The lowest BCUT2D eigenvalue weighted by Gasteiger charge is -2.37. The van der Waals surface area contributed by atoms with E-state index >= 15 is 0 Å². The molecule has 7 nitrogen and oxygen atoms in total. The predicted octanol–water partition coefficient (Wildman–Crippen LogP) is 3.16. The Bertz CT molecular complexity index is 639. The minimum atomic E-state index is -0.144. The van der Waals surface area contributed by atoms with E-state index in [1.54, 1.807) is 4.90 Å². The number of likely N-dealkylation sites (tertiary alicyclic amines) is 2. The van der Waals surface area contributed by atoms with Crippen LogP contribution in [-0.4, -0.2) is 58.1 Å². The normalized spacial score (nSPS) is 21.9. The Kier molecular flexibility index (Phi) is 6.11. The minimum Gasteiger partial charge on any atom is -0.342 e. The van der Waals surface area contributed by atoms with E-state index in [-0.39, 0.29) is 17.9 Å². The number of hydrogen-bond donors (Lipinski definition) is 1. The number of piperidine rings is 2. The van der Waals surface area contributed by atoms with Crippen LogP contribution in [0.3, 0.4) is 0 Å². The highest BCUT2D eigenvalue weighted by atomic mass is 32.1. The number of carbonyl (C=O) groups excluding carboxylic acids is 2. The second-order valence-electron chi connectivity index (χ2n) is 7.82. The molecule has 2 aliphatic rings. The van der Waals surface area contributed by atoms with Gasteiger partial charge in [0.05, 0.1) is 0 Å². The second kappa shape index (κ2) is 8.33. The summed E-state index contributed by atoms with van der Waals surface area (Å²) >= 11 is 1.42. The minimum absolute atomic E-state index is 0.0541. The quantitative estimate of drug-likeness (QED) is 0.875. The van der Waals surface area contributed by atoms with Crippen molar-refractivity contribution < 1.29 is 9.59 Å². The molecular formula is C18H29N5O2S. The maximum atomic E-state index is 12.7. The van der Waals surface area contributed by atoms with E-state index in [2.05, 4.69) is 36.3 Å². The average Bonchev–Trinajstić information content (AvgIpc) is 3.10. The largest absolute Gasteiger partial charge is 0.342 e. The standard InChI is InChI=1S/C18H29N5O2S/c1-12(2)15-20-21-17(26-15)19-18(25)22-9-6-14(7-10-22)16(24)23-8-4-5-13(3)11-23/h12-14H,4-11H2,1-3H3,(H,19,21,25)/t13-/m1/s1. The van der Waals surface area contributed by atoms with Crippen LogP contribution in [0.1, 0.15) is 57.4 Å². The molecule has 0 unspecified atom stereocenters. The van der Waals surface area contributed by atoms with Gasteiger partial charge in [0.1, 0.15) is 5.01 Å². The first-order valence-corrected chi connectivity index (χ1v) is 10.4. The highest BCUT2D eigenvalue weighted by molar-refractivity contribution is 7.15. The smallest absolute Gasteiger partial charge is 0.323 e. The first-order chi connectivity index (χ1) is 12.4. The van der Waals surface area contributed by atoms with Crippen LogP contribution in [0.2, 0.25) is 0 Å². The molecule has 1 N–H and O–H groups in total. The zero-order chi connectivity index (χ0) is 18.7. The van der Waals surface area contributed by atoms with E-state index in [1.807, 2.05) is 4.90 Å². The molecule has 1 aromatic heterocycles. The van der Waals surface area contributed by atoms with Crippen molar-refractivity contribution in [3.63, 3.8) is 0 Å². The number of hydrogen-bond acceptors (Lipinski definition) is 5. The molecule has 1 aromatic rings. The fourth-order valence-electron chi connectivity index (χ4n) is 3.67. The number of nitrogens with one attached hydrogen (secondary N) is 1. The van der Waals surface area contributed by atoms with Crippen LogP contribution in [0.25, 0.3) is 0 Å². The van der Waals surface area contributed by atoms with E-state index in [0.29, 0.717) is 30.1 Å². The highest BCUT2D eigenvalue weighted by Gasteiger charge is 2.32. The number of anilines is 1. The van der Waals surface area contributed by atoms with E-state index in [1.165, 1.54) is 17.8 Å². The molecule has 2 saturated heterocycles. The van der Waals surface area contributed by atoms with Crippen molar-refractivity contribution in [3.8, 4) is 0 Å². The summed E-state index contributed by atoms with van der Waals surface area (Å²) in [6, 6.07) is -0.144. The van der Waals surface area contributed by atoms with Crippen molar-refractivity contribution in [3.05, 3.63) is 5.01 Å². The molecular weight excluding hydrogens is 350 g/mol. The Morgan fingerprint density at radius 1 is 1.12 bits per heavy atom. The fraction of sp³-hybridized carbons (Fsp3) is 0.778. The molecule has 2 aliphatic heterocycles. The summed E-state index contributed by atoms with van der Waals surface area (Å²) in [6.07, 6.45) is 3.80. The number of nitrogens with zero attached hydrogens (tertiary/aromatic N) is 4. The van der Waals surface area contributed by atoms with Gasteiger partial charge in [0.25, 0.3) is 0 Å². The predicted molar refractivity (Wildman–Crippen MR) is 102 cm³/mol. The van der Waals surface area contributed by atoms with Crippen molar-refractivity contribution in [1.82, 2.24) is 20.0 Å². The Balaban J connectivity index is 1.48. The Morgan fingerprint density at radius 2 is 1.85 bits per heavy atom. The Morgan fingerprint density at radius 3 is 2.46 bits per heavy atom. The Labute approximate surface area is 159 Å². The van der Waals surface area contributed by atoms with Crippen molar-refractivity contribution in [1.29, 1.82) is 0 Å². The summed E-state index contributed by atoms with van der Waals surface area (Å²) in [7, 11) is 0. The molecule has 0 radical (unpaired) electrons. The molecule has 3 amide bonds. The van der Waals surface area contributed by atoms with Gasteiger partial charge >= 0.3 is 6.03 Å². The molecule has 0 saturated carbocycles. The molecule has 0 aliphatic carbocycles. The third kappa shape index (κ3) is 4.52. The summed E-state index contributed by atoms with van der Waals surface area (Å²) in [6.45, 7) is 9.31. The van der Waals surface area contributed by atoms with Gasteiger partial charge in [0.2, 0.25) is 11.0 Å². The van der Waals surface area contributed by atoms with Gasteiger partial charge in [0.15, 0.2) is 0 Å². The van der Waals surface area contributed by atoms with Crippen molar-refractivity contribution >= 4 is 28.4 Å². The average molecular weight is 380 g/mol. The molecule has 144 valence electrons. The van der Waals surface area contributed by atoms with Gasteiger partial charge in [-0.1, -0.05) is 32.1 Å². The lowest BCUT2D eigenvalue weighted by atomic mass is 9.93. The van der Waals surface area contributed by atoms with E-state index in [4.69, 9.17) is 0 Å². The van der Waals surface area contributed by atoms with Gasteiger partial charge in [-0.05, 0) is 31.6 Å². The van der Waals surface area contributed by atoms with E-state index < -0.39 is 0 Å². The van der Waals surface area contributed by atoms with Gasteiger partial charge in [-0.15, -0.1) is 10.2 Å². The highest BCUT2D eigenvalue weighted by Crippen LogP contribution is 2.25. The van der Waals surface area contributed by atoms with Crippen molar-refractivity contribution in [2.24, 2.45) is 11.8 Å².